The first-order valence-corrected chi connectivity index (χ1v) is 15.6. The molecule has 5 aromatic heterocycles. The second-order valence-corrected chi connectivity index (χ2v) is 12.8. The van der Waals surface area contributed by atoms with Crippen molar-refractivity contribution in [3.05, 3.63) is 132 Å². The topological polar surface area (TPSA) is 56.7 Å². The van der Waals surface area contributed by atoms with E-state index in [1.807, 2.05) is 13.0 Å². The Balaban J connectivity index is 1.29. The molecule has 220 valence electrons. The maximum atomic E-state index is 6.39. The van der Waals surface area contributed by atoms with Crippen LogP contribution in [0.4, 0.5) is 0 Å². The van der Waals surface area contributed by atoms with E-state index in [1.165, 1.54) is 16.3 Å². The van der Waals surface area contributed by atoms with Gasteiger partial charge in [0, 0.05) is 38.2 Å². The third-order valence-corrected chi connectivity index (χ3v) is 9.12. The first-order chi connectivity index (χ1) is 21.8. The Bertz CT molecular complexity index is 2360. The van der Waals surface area contributed by atoms with Gasteiger partial charge in [0.05, 0.1) is 28.1 Å². The van der Waals surface area contributed by atoms with Crippen molar-refractivity contribution in [1.29, 1.82) is 0 Å². The zero-order valence-electron chi connectivity index (χ0n) is 26.2. The van der Waals surface area contributed by atoms with E-state index in [0.717, 1.165) is 61.5 Å². The average Bonchev–Trinajstić information content (AvgIpc) is 3.60. The fourth-order valence-electron chi connectivity index (χ4n) is 6.51. The van der Waals surface area contributed by atoms with Crippen LogP contribution in [0.25, 0.3) is 61.0 Å². The van der Waals surface area contributed by atoms with Crippen LogP contribution in [0.1, 0.15) is 56.3 Å². The lowest BCUT2D eigenvalue weighted by Gasteiger charge is -2.26. The predicted octanol–water partition coefficient (Wildman–Crippen LogP) is 10.3. The molecule has 5 nitrogen and oxygen atoms in total. The zero-order chi connectivity index (χ0) is 30.9. The van der Waals surface area contributed by atoms with E-state index in [9.17, 15) is 0 Å². The van der Waals surface area contributed by atoms with Crippen molar-refractivity contribution in [3.63, 3.8) is 0 Å². The number of rotatable bonds is 5. The Morgan fingerprint density at radius 2 is 1.33 bits per heavy atom. The largest absolute Gasteiger partial charge is 0.437 e. The highest BCUT2D eigenvalue weighted by Gasteiger charge is 2.29. The Morgan fingerprint density at radius 1 is 0.644 bits per heavy atom. The second kappa shape index (κ2) is 10.1. The summed E-state index contributed by atoms with van der Waals surface area (Å²) in [6.45, 7) is 10.9. The number of aromatic nitrogens is 4. The molecule has 0 fully saturated rings. The first kappa shape index (κ1) is 27.3. The van der Waals surface area contributed by atoms with Gasteiger partial charge in [-0.25, -0.2) is 9.97 Å². The van der Waals surface area contributed by atoms with Gasteiger partial charge in [-0.3, -0.25) is 9.55 Å². The fraction of sp³-hybridized carbons (Fsp3) is 0.175. The molecule has 0 amide bonds. The number of nitrogens with zero attached hydrogens (tertiary/aromatic N) is 4. The van der Waals surface area contributed by atoms with Gasteiger partial charge in [0.1, 0.15) is 11.4 Å². The van der Waals surface area contributed by atoms with Gasteiger partial charge in [-0.2, -0.15) is 0 Å². The lowest BCUT2D eigenvalue weighted by Crippen LogP contribution is -2.23. The number of hydrogen-bond acceptors (Lipinski definition) is 4. The molecule has 0 aliphatic rings. The molecule has 0 bridgehead atoms. The van der Waals surface area contributed by atoms with Gasteiger partial charge in [0.25, 0.3) is 0 Å². The van der Waals surface area contributed by atoms with Gasteiger partial charge in [-0.1, -0.05) is 68.4 Å². The van der Waals surface area contributed by atoms with Crippen molar-refractivity contribution in [2.45, 2.75) is 46.0 Å². The molecule has 0 spiro atoms. The second-order valence-electron chi connectivity index (χ2n) is 12.8. The molecule has 45 heavy (non-hydrogen) atoms. The molecular weight excluding hydrogens is 552 g/mol. The van der Waals surface area contributed by atoms with E-state index in [1.54, 1.807) is 0 Å². The van der Waals surface area contributed by atoms with Crippen LogP contribution in [-0.4, -0.2) is 19.5 Å². The Morgan fingerprint density at radius 3 is 2.07 bits per heavy atom. The summed E-state index contributed by atoms with van der Waals surface area (Å²) in [7, 11) is 0. The molecule has 0 N–H and O–H groups in total. The summed E-state index contributed by atoms with van der Waals surface area (Å²) in [6, 6.07) is 38.3. The molecule has 0 radical (unpaired) electrons. The summed E-state index contributed by atoms with van der Waals surface area (Å²) in [6.07, 6.45) is 0. The van der Waals surface area contributed by atoms with Gasteiger partial charge in [0.2, 0.25) is 5.71 Å². The van der Waals surface area contributed by atoms with E-state index in [4.69, 9.17) is 14.4 Å². The van der Waals surface area contributed by atoms with Gasteiger partial charge >= 0.3 is 0 Å². The molecule has 0 atom stereocenters. The average molecular weight is 587 g/mol. The molecule has 0 saturated carbocycles. The van der Waals surface area contributed by atoms with E-state index < -0.39 is 5.41 Å². The molecule has 8 aromatic rings. The smallest absolute Gasteiger partial charge is 0.227 e. The van der Waals surface area contributed by atoms with Crippen molar-refractivity contribution >= 4 is 43.9 Å². The predicted molar refractivity (Wildman–Crippen MR) is 184 cm³/mol. The number of para-hydroxylation sites is 3. The minimum absolute atomic E-state index is 0.317. The van der Waals surface area contributed by atoms with Crippen LogP contribution in [-0.2, 0) is 5.41 Å². The number of benzene rings is 3. The Labute approximate surface area is 262 Å². The minimum atomic E-state index is -0.477. The van der Waals surface area contributed by atoms with Gasteiger partial charge in [-0.05, 0) is 86.8 Å². The highest BCUT2D eigenvalue weighted by atomic mass is 16.3. The quantitative estimate of drug-likeness (QED) is 0.201. The van der Waals surface area contributed by atoms with E-state index >= 15 is 0 Å². The highest BCUT2D eigenvalue weighted by molar-refractivity contribution is 6.09. The monoisotopic (exact) mass is 586 g/mol. The Kier molecular flexibility index (Phi) is 6.14. The third-order valence-electron chi connectivity index (χ3n) is 9.12. The van der Waals surface area contributed by atoms with Crippen molar-refractivity contribution in [2.24, 2.45) is 0 Å². The summed E-state index contributed by atoms with van der Waals surface area (Å²) >= 11 is 0. The van der Waals surface area contributed by atoms with Gasteiger partial charge < -0.3 is 4.42 Å². The van der Waals surface area contributed by atoms with Crippen LogP contribution >= 0.6 is 0 Å². The molecule has 3 aromatic carbocycles. The van der Waals surface area contributed by atoms with E-state index in [0.29, 0.717) is 11.6 Å². The highest BCUT2D eigenvalue weighted by Crippen LogP contribution is 2.39. The van der Waals surface area contributed by atoms with Crippen LogP contribution in [0.2, 0.25) is 0 Å². The lowest BCUT2D eigenvalue weighted by atomic mass is 9.83. The van der Waals surface area contributed by atoms with Gasteiger partial charge in [-0.15, -0.1) is 0 Å². The molecule has 0 saturated heterocycles. The number of aryl methyl sites for hydroxylation is 1. The minimum Gasteiger partial charge on any atom is -0.437 e. The first-order valence-electron chi connectivity index (χ1n) is 15.6. The standard InChI is InChI=1S/C40H34N4O/c1-24(2)26-22-32(31-15-10-14-29-30-21-20-25(3)41-39(30)45-38(29)31)42-36(23-26)40(4,5)35-18-11-19-37(43-35)44-33-16-8-6-12-27(33)28-13-7-9-17-34(28)44/h6-24H,1-5H3. The van der Waals surface area contributed by atoms with Crippen molar-refractivity contribution in [2.75, 3.05) is 0 Å². The molecule has 0 unspecified atom stereocenters. The Hall–Kier alpha value is -5.29. The number of hydrogen-bond donors (Lipinski definition) is 0. The van der Waals surface area contributed by atoms with E-state index in [-0.39, 0.29) is 0 Å². The summed E-state index contributed by atoms with van der Waals surface area (Å²) in [5, 5.41) is 4.51. The maximum absolute atomic E-state index is 6.39. The summed E-state index contributed by atoms with van der Waals surface area (Å²) in [5.74, 6) is 1.21. The SMILES string of the molecule is Cc1ccc2c(n1)oc1c(-c3cc(C(C)C)cc(C(C)(C)c4cccc(-n5c6ccccc6c6ccccc65)n4)n3)cccc12. The van der Waals surface area contributed by atoms with Crippen molar-refractivity contribution in [3.8, 4) is 17.1 Å². The lowest BCUT2D eigenvalue weighted by molar-refractivity contribution is 0.592. The zero-order valence-corrected chi connectivity index (χ0v) is 26.2. The number of furan rings is 1. The molecule has 5 heterocycles. The number of fused-ring (bicyclic) bond motifs is 6. The molecule has 8 rings (SSSR count). The van der Waals surface area contributed by atoms with Crippen LogP contribution in [0.5, 0.6) is 0 Å². The van der Waals surface area contributed by atoms with Crippen LogP contribution in [0, 0.1) is 6.92 Å². The molecule has 5 heteroatoms. The van der Waals surface area contributed by atoms with Crippen LogP contribution < -0.4 is 0 Å². The van der Waals surface area contributed by atoms with Crippen LogP contribution in [0.15, 0.2) is 114 Å². The number of pyridine rings is 3. The molecule has 0 aliphatic carbocycles. The fourth-order valence-corrected chi connectivity index (χ4v) is 6.51. The molecule has 0 aliphatic heterocycles. The van der Waals surface area contributed by atoms with E-state index in [2.05, 4.69) is 140 Å². The maximum Gasteiger partial charge on any atom is 0.227 e. The van der Waals surface area contributed by atoms with Crippen molar-refractivity contribution < 1.29 is 4.42 Å². The summed E-state index contributed by atoms with van der Waals surface area (Å²) < 4.78 is 8.66. The van der Waals surface area contributed by atoms with Crippen LogP contribution in [0.3, 0.4) is 0 Å². The van der Waals surface area contributed by atoms with Crippen molar-refractivity contribution in [1.82, 2.24) is 19.5 Å². The third kappa shape index (κ3) is 4.33. The summed E-state index contributed by atoms with van der Waals surface area (Å²) in [5.41, 5.74) is 9.23. The summed E-state index contributed by atoms with van der Waals surface area (Å²) in [4.78, 5) is 15.3. The normalized spacial score (nSPS) is 12.3. The van der Waals surface area contributed by atoms with Gasteiger partial charge in [0.15, 0.2) is 0 Å². The molecular formula is C40H34N4O.